The molecule has 0 bridgehead atoms. The molecule has 1 aromatic heterocycles. The summed E-state index contributed by atoms with van der Waals surface area (Å²) in [5.41, 5.74) is 2.64. The van der Waals surface area contributed by atoms with E-state index in [1.54, 1.807) is 20.0 Å². The summed E-state index contributed by atoms with van der Waals surface area (Å²) in [5, 5.41) is 0. The predicted octanol–water partition coefficient (Wildman–Crippen LogP) is 5.16. The van der Waals surface area contributed by atoms with E-state index < -0.39 is 0 Å². The molecule has 0 saturated carbocycles. The van der Waals surface area contributed by atoms with Crippen LogP contribution in [0.1, 0.15) is 0 Å². The maximum Gasteiger partial charge on any atom is 0.144 e. The topological polar surface area (TPSA) is 38.7 Å². The Labute approximate surface area is 168 Å². The van der Waals surface area contributed by atoms with E-state index in [-0.39, 0.29) is 0 Å². The Morgan fingerprint density at radius 3 is 1.50 bits per heavy atom. The van der Waals surface area contributed by atoms with E-state index in [4.69, 9.17) is 0 Å². The van der Waals surface area contributed by atoms with Gasteiger partial charge in [-0.3, -0.25) is 9.97 Å². The fourth-order valence-electron chi connectivity index (χ4n) is 2.40. The molecule has 0 N–H and O–H groups in total. The molecule has 0 spiro atoms. The van der Waals surface area contributed by atoms with Crippen LogP contribution in [-0.2, 0) is 20.0 Å². The monoisotopic (exact) mass is 539 g/mol. The summed E-state index contributed by atoms with van der Waals surface area (Å²) in [4.78, 5) is 13.9. The SMILES string of the molecule is [Cl][Au].[c-]1ccccc1-c1nc(-c2[c-]cccc2)nc(-c2ccccc2)n1. The van der Waals surface area contributed by atoms with E-state index >= 15 is 0 Å². The summed E-state index contributed by atoms with van der Waals surface area (Å²) in [5.74, 6) is 1.86. The first-order chi connectivity index (χ1) is 12.9. The maximum absolute atomic E-state index is 4.63. The van der Waals surface area contributed by atoms with Gasteiger partial charge in [0.2, 0.25) is 0 Å². The second-order valence-corrected chi connectivity index (χ2v) is 5.22. The van der Waals surface area contributed by atoms with Crippen molar-refractivity contribution in [3.63, 3.8) is 0 Å². The van der Waals surface area contributed by atoms with Gasteiger partial charge >= 0.3 is 29.2 Å². The van der Waals surface area contributed by atoms with Crippen molar-refractivity contribution >= 4 is 9.19 Å². The van der Waals surface area contributed by atoms with Crippen LogP contribution in [0.25, 0.3) is 34.2 Å². The second-order valence-electron chi connectivity index (χ2n) is 5.22. The van der Waals surface area contributed by atoms with E-state index in [1.165, 1.54) is 0 Å². The Morgan fingerprint density at radius 2 is 1.04 bits per heavy atom. The molecule has 4 aromatic rings. The van der Waals surface area contributed by atoms with Crippen LogP contribution < -0.4 is 0 Å². The zero-order valence-electron chi connectivity index (χ0n) is 13.5. The van der Waals surface area contributed by atoms with Crippen LogP contribution in [0.4, 0.5) is 0 Å². The number of rotatable bonds is 3. The number of hydrogen-bond acceptors (Lipinski definition) is 3. The first-order valence-corrected chi connectivity index (χ1v) is 10.5. The molecule has 1 heterocycles. The van der Waals surface area contributed by atoms with Gasteiger partial charge in [-0.15, -0.1) is 71.8 Å². The number of halogens is 1. The van der Waals surface area contributed by atoms with E-state index in [0.29, 0.717) is 17.5 Å². The fourth-order valence-corrected chi connectivity index (χ4v) is 2.40. The van der Waals surface area contributed by atoms with Crippen molar-refractivity contribution in [1.82, 2.24) is 15.0 Å². The molecule has 3 aromatic carbocycles. The van der Waals surface area contributed by atoms with Crippen LogP contribution in [0.15, 0.2) is 78.9 Å². The van der Waals surface area contributed by atoms with Gasteiger partial charge in [0.1, 0.15) is 5.82 Å². The van der Waals surface area contributed by atoms with Gasteiger partial charge in [0.05, 0.1) is 11.6 Å². The molecule has 0 aliphatic rings. The molecule has 0 aliphatic carbocycles. The van der Waals surface area contributed by atoms with Crippen LogP contribution in [0.3, 0.4) is 0 Å². The molecule has 0 atom stereocenters. The van der Waals surface area contributed by atoms with Gasteiger partial charge in [-0.05, 0) is 0 Å². The Kier molecular flexibility index (Phi) is 6.69. The molecule has 26 heavy (non-hydrogen) atoms. The van der Waals surface area contributed by atoms with Crippen LogP contribution in [-0.4, -0.2) is 15.0 Å². The minimum Gasteiger partial charge on any atom is -0.308 e. The zero-order chi connectivity index (χ0) is 18.2. The van der Waals surface area contributed by atoms with Crippen LogP contribution in [0.2, 0.25) is 0 Å². The van der Waals surface area contributed by atoms with Gasteiger partial charge in [-0.2, -0.15) is 0 Å². The van der Waals surface area contributed by atoms with E-state index in [9.17, 15) is 0 Å². The minimum absolute atomic E-state index is 0.608. The average Bonchev–Trinajstić information content (AvgIpc) is 2.77. The molecule has 4 rings (SSSR count). The van der Waals surface area contributed by atoms with Crippen molar-refractivity contribution < 1.29 is 20.0 Å². The van der Waals surface area contributed by atoms with Gasteiger partial charge in [-0.25, -0.2) is 0 Å². The number of nitrogens with zero attached hydrogens (tertiary/aromatic N) is 3. The summed E-state index contributed by atoms with van der Waals surface area (Å²) < 4.78 is 0. The number of hydrogen-bond donors (Lipinski definition) is 0. The third kappa shape index (κ3) is 4.45. The van der Waals surface area contributed by atoms with Gasteiger partial charge in [0.15, 0.2) is 0 Å². The third-order valence-corrected chi connectivity index (χ3v) is 3.57. The second kappa shape index (κ2) is 9.41. The van der Waals surface area contributed by atoms with Gasteiger partial charge in [-0.1, -0.05) is 30.3 Å². The van der Waals surface area contributed by atoms with Crippen molar-refractivity contribution in [2.24, 2.45) is 0 Å². The maximum atomic E-state index is 4.63. The quantitative estimate of drug-likeness (QED) is 0.267. The molecule has 3 nitrogen and oxygen atoms in total. The average molecular weight is 540 g/mol. The summed E-state index contributed by atoms with van der Waals surface area (Å²) in [7, 11) is 4.58. The predicted molar refractivity (Wildman–Crippen MR) is 99.7 cm³/mol. The van der Waals surface area contributed by atoms with Crippen molar-refractivity contribution in [1.29, 1.82) is 0 Å². The Morgan fingerprint density at radius 1 is 0.577 bits per heavy atom. The Bertz CT molecular complexity index is 809. The first kappa shape index (κ1) is 18.5. The third-order valence-electron chi connectivity index (χ3n) is 3.57. The van der Waals surface area contributed by atoms with Gasteiger partial charge in [0, 0.05) is 5.56 Å². The van der Waals surface area contributed by atoms with Gasteiger partial charge < -0.3 is 4.98 Å². The molecule has 0 aliphatic heterocycles. The van der Waals surface area contributed by atoms with Crippen molar-refractivity contribution in [3.8, 4) is 34.2 Å². The largest absolute Gasteiger partial charge is 0.308 e. The van der Waals surface area contributed by atoms with E-state index in [2.05, 4.69) is 36.3 Å². The zero-order valence-corrected chi connectivity index (χ0v) is 16.4. The molecule has 0 radical (unpaired) electrons. The Balaban J connectivity index is 0.000000948. The van der Waals surface area contributed by atoms with Crippen LogP contribution in [0.5, 0.6) is 0 Å². The molecular weight excluding hydrogens is 527 g/mol. The standard InChI is InChI=1S/C21H13N3.Au.ClH/c1-4-10-16(11-5-1)19-22-20(17-12-6-2-7-13-17)24-21(23-19)18-14-8-3-9-15-18;;/h1-12,14H;;1H/q-2;+1;/p-1. The van der Waals surface area contributed by atoms with Crippen LogP contribution >= 0.6 is 9.19 Å². The molecule has 0 amide bonds. The Hall–Kier alpha value is -2.30. The number of aromatic nitrogens is 3. The van der Waals surface area contributed by atoms with Crippen molar-refractivity contribution in [2.45, 2.75) is 0 Å². The molecular formula is C21H13AuClN3-2. The summed E-state index contributed by atoms with van der Waals surface area (Å²) in [6, 6.07) is 31.6. The minimum atomic E-state index is 0.608. The summed E-state index contributed by atoms with van der Waals surface area (Å²) >= 11 is 1.75. The van der Waals surface area contributed by atoms with Crippen LogP contribution in [0, 0.1) is 12.1 Å². The van der Waals surface area contributed by atoms with Gasteiger partial charge in [0.25, 0.3) is 0 Å². The molecule has 0 unspecified atom stereocenters. The smallest absolute Gasteiger partial charge is 0.144 e. The molecule has 132 valence electrons. The molecule has 0 fully saturated rings. The van der Waals surface area contributed by atoms with E-state index in [1.807, 2.05) is 78.9 Å². The van der Waals surface area contributed by atoms with E-state index in [0.717, 1.165) is 16.7 Å². The summed E-state index contributed by atoms with van der Waals surface area (Å²) in [6.07, 6.45) is 0. The first-order valence-electron chi connectivity index (χ1n) is 7.77. The van der Waals surface area contributed by atoms with Crippen molar-refractivity contribution in [3.05, 3.63) is 91.0 Å². The normalized spacial score (nSPS) is 9.96. The molecule has 5 heteroatoms. The summed E-state index contributed by atoms with van der Waals surface area (Å²) in [6.45, 7) is 0. The van der Waals surface area contributed by atoms with Crippen molar-refractivity contribution in [2.75, 3.05) is 0 Å². The molecule has 0 saturated heterocycles. The fraction of sp³-hybridized carbons (Fsp3) is 0. The number of benzene rings is 3.